The monoisotopic (exact) mass is 161 g/mol. The highest BCUT2D eigenvalue weighted by Gasteiger charge is 2.05. The van der Waals surface area contributed by atoms with Gasteiger partial charge in [0.05, 0.1) is 6.07 Å². The van der Waals surface area contributed by atoms with E-state index in [1.165, 1.54) is 0 Å². The van der Waals surface area contributed by atoms with Crippen LogP contribution in [0.15, 0.2) is 11.4 Å². The summed E-state index contributed by atoms with van der Waals surface area (Å²) >= 11 is 0. The predicted molar refractivity (Wildman–Crippen MR) is 40.7 cm³/mol. The van der Waals surface area contributed by atoms with Crippen molar-refractivity contribution in [3.63, 3.8) is 0 Å². The Bertz CT molecular complexity index is 308. The lowest BCUT2D eigenvalue weighted by Crippen LogP contribution is -2.25. The molecule has 0 aliphatic heterocycles. The molecule has 12 heavy (non-hydrogen) atoms. The summed E-state index contributed by atoms with van der Waals surface area (Å²) in [5, 5.41) is 27.6. The highest BCUT2D eigenvalue weighted by atomic mass is 14.9. The zero-order chi connectivity index (χ0) is 9.56. The van der Waals surface area contributed by atoms with E-state index in [4.69, 9.17) is 21.5 Å². The average Bonchev–Trinajstić information content (AvgIpc) is 2.12. The second-order valence-electron chi connectivity index (χ2n) is 2.01. The summed E-state index contributed by atoms with van der Waals surface area (Å²) in [4.78, 5) is 0. The van der Waals surface area contributed by atoms with Gasteiger partial charge in [-0.1, -0.05) is 0 Å². The molecule has 0 fully saturated rings. The number of nitrogens with two attached hydrogens (primary N) is 1. The standard InChI is InChI=1S/C7H7N5/c1-5(2-8)12-7(4-10)6(11)3-9/h5,12H,11H2,1H3. The lowest BCUT2D eigenvalue weighted by Gasteiger charge is -2.04. The highest BCUT2D eigenvalue weighted by molar-refractivity contribution is 5.33. The SMILES string of the molecule is CC(C#N)NC(C#N)=C(N)C#N. The number of hydrogen-bond acceptors (Lipinski definition) is 5. The first-order chi connectivity index (χ1) is 5.65. The van der Waals surface area contributed by atoms with E-state index in [0.717, 1.165) is 0 Å². The molecule has 0 aromatic heterocycles. The Balaban J connectivity index is 4.57. The third-order valence-corrected chi connectivity index (χ3v) is 1.06. The maximum atomic E-state index is 8.46. The van der Waals surface area contributed by atoms with Crippen LogP contribution in [0.1, 0.15) is 6.92 Å². The largest absolute Gasteiger partial charge is 0.388 e. The number of hydrogen-bond donors (Lipinski definition) is 2. The Morgan fingerprint density at radius 2 is 1.92 bits per heavy atom. The zero-order valence-corrected chi connectivity index (χ0v) is 6.50. The molecule has 0 bridgehead atoms. The fraction of sp³-hybridized carbons (Fsp3) is 0.286. The van der Waals surface area contributed by atoms with Crippen LogP contribution in [0.4, 0.5) is 0 Å². The van der Waals surface area contributed by atoms with Gasteiger partial charge >= 0.3 is 0 Å². The maximum absolute atomic E-state index is 8.46. The Hall–Kier alpha value is -2.19. The van der Waals surface area contributed by atoms with Crippen molar-refractivity contribution < 1.29 is 0 Å². The number of nitrogens with one attached hydrogen (secondary N) is 1. The maximum Gasteiger partial charge on any atom is 0.148 e. The highest BCUT2D eigenvalue weighted by Crippen LogP contribution is 1.93. The molecule has 3 N–H and O–H groups in total. The Morgan fingerprint density at radius 1 is 1.33 bits per heavy atom. The fourth-order valence-electron chi connectivity index (χ4n) is 0.475. The summed E-state index contributed by atoms with van der Waals surface area (Å²) in [6.45, 7) is 1.56. The summed E-state index contributed by atoms with van der Waals surface area (Å²) in [6.07, 6.45) is 0. The van der Waals surface area contributed by atoms with Crippen LogP contribution in [-0.2, 0) is 0 Å². The molecule has 5 heteroatoms. The third kappa shape index (κ3) is 2.60. The molecule has 5 nitrogen and oxygen atoms in total. The van der Waals surface area contributed by atoms with E-state index >= 15 is 0 Å². The Labute approximate surface area is 70.3 Å². The van der Waals surface area contributed by atoms with Crippen molar-refractivity contribution in [2.24, 2.45) is 5.73 Å². The molecule has 0 heterocycles. The normalized spacial score (nSPS) is 12.8. The van der Waals surface area contributed by atoms with E-state index in [1.54, 1.807) is 19.1 Å². The summed E-state index contributed by atoms with van der Waals surface area (Å²) < 4.78 is 0. The fourth-order valence-corrected chi connectivity index (χ4v) is 0.475. The molecule has 0 amide bonds. The quantitative estimate of drug-likeness (QED) is 0.540. The molecule has 0 saturated heterocycles. The van der Waals surface area contributed by atoms with Gasteiger partial charge in [0.2, 0.25) is 0 Å². The molecular weight excluding hydrogens is 154 g/mol. The van der Waals surface area contributed by atoms with Crippen molar-refractivity contribution in [1.29, 1.82) is 15.8 Å². The molecule has 0 radical (unpaired) electrons. The first-order valence-corrected chi connectivity index (χ1v) is 3.11. The van der Waals surface area contributed by atoms with Crippen LogP contribution in [-0.4, -0.2) is 6.04 Å². The van der Waals surface area contributed by atoms with Gasteiger partial charge in [0, 0.05) is 0 Å². The van der Waals surface area contributed by atoms with E-state index in [-0.39, 0.29) is 11.4 Å². The van der Waals surface area contributed by atoms with Crippen LogP contribution in [0, 0.1) is 34.0 Å². The van der Waals surface area contributed by atoms with Crippen molar-refractivity contribution in [3.05, 3.63) is 11.4 Å². The lowest BCUT2D eigenvalue weighted by molar-refractivity contribution is 0.751. The van der Waals surface area contributed by atoms with Crippen LogP contribution >= 0.6 is 0 Å². The van der Waals surface area contributed by atoms with Crippen molar-refractivity contribution in [2.45, 2.75) is 13.0 Å². The number of nitriles is 3. The third-order valence-electron chi connectivity index (χ3n) is 1.06. The van der Waals surface area contributed by atoms with Gasteiger partial charge in [-0.25, -0.2) is 0 Å². The van der Waals surface area contributed by atoms with Crippen LogP contribution in [0.5, 0.6) is 0 Å². The Morgan fingerprint density at radius 3 is 2.25 bits per heavy atom. The second kappa shape index (κ2) is 4.60. The van der Waals surface area contributed by atoms with Crippen LogP contribution < -0.4 is 11.1 Å². The number of allylic oxidation sites excluding steroid dienone is 2. The van der Waals surface area contributed by atoms with Gasteiger partial charge in [-0.2, -0.15) is 15.8 Å². The van der Waals surface area contributed by atoms with Crippen LogP contribution in [0.2, 0.25) is 0 Å². The summed E-state index contributed by atoms with van der Waals surface area (Å²) in [6, 6.07) is 4.61. The van der Waals surface area contributed by atoms with E-state index < -0.39 is 6.04 Å². The molecule has 60 valence electrons. The van der Waals surface area contributed by atoms with E-state index in [9.17, 15) is 0 Å². The topological polar surface area (TPSA) is 109 Å². The minimum Gasteiger partial charge on any atom is -0.388 e. The summed E-state index contributed by atoms with van der Waals surface area (Å²) in [7, 11) is 0. The van der Waals surface area contributed by atoms with Crippen LogP contribution in [0.3, 0.4) is 0 Å². The van der Waals surface area contributed by atoms with Gasteiger partial charge < -0.3 is 11.1 Å². The van der Waals surface area contributed by atoms with Gasteiger partial charge in [-0.3, -0.25) is 0 Å². The molecule has 1 atom stereocenters. The van der Waals surface area contributed by atoms with Crippen LogP contribution in [0.25, 0.3) is 0 Å². The first kappa shape index (κ1) is 9.81. The molecule has 0 saturated carbocycles. The zero-order valence-electron chi connectivity index (χ0n) is 6.50. The minimum atomic E-state index is -0.536. The van der Waals surface area contributed by atoms with Crippen molar-refractivity contribution in [3.8, 4) is 18.2 Å². The van der Waals surface area contributed by atoms with Crippen molar-refractivity contribution in [2.75, 3.05) is 0 Å². The minimum absolute atomic E-state index is 0.0634. The molecule has 1 unspecified atom stereocenters. The number of nitrogens with zero attached hydrogens (tertiary/aromatic N) is 3. The van der Waals surface area contributed by atoms with Gasteiger partial charge in [0.15, 0.2) is 0 Å². The molecule has 0 aliphatic carbocycles. The van der Waals surface area contributed by atoms with E-state index in [2.05, 4.69) is 5.32 Å². The molecule has 0 aromatic rings. The van der Waals surface area contributed by atoms with Crippen molar-refractivity contribution in [1.82, 2.24) is 5.32 Å². The first-order valence-electron chi connectivity index (χ1n) is 3.11. The van der Waals surface area contributed by atoms with Crippen molar-refractivity contribution >= 4 is 0 Å². The molecular formula is C7H7N5. The smallest absolute Gasteiger partial charge is 0.148 e. The van der Waals surface area contributed by atoms with Gasteiger partial charge in [-0.05, 0) is 6.92 Å². The van der Waals surface area contributed by atoms with E-state index in [0.29, 0.717) is 0 Å². The molecule has 0 rings (SSSR count). The second-order valence-corrected chi connectivity index (χ2v) is 2.01. The summed E-state index contributed by atoms with van der Waals surface area (Å²) in [5.41, 5.74) is 4.88. The molecule has 0 aromatic carbocycles. The predicted octanol–water partition coefficient (Wildman–Crippen LogP) is -0.294. The van der Waals surface area contributed by atoms with Gasteiger partial charge in [-0.15, -0.1) is 0 Å². The lowest BCUT2D eigenvalue weighted by atomic mass is 10.3. The molecule has 0 aliphatic rings. The average molecular weight is 161 g/mol. The molecule has 0 spiro atoms. The van der Waals surface area contributed by atoms with E-state index in [1.807, 2.05) is 6.07 Å². The number of rotatable bonds is 2. The van der Waals surface area contributed by atoms with Gasteiger partial charge in [0.1, 0.15) is 29.6 Å². The summed E-state index contributed by atoms with van der Waals surface area (Å²) in [5.74, 6) is 0. The van der Waals surface area contributed by atoms with Gasteiger partial charge in [0.25, 0.3) is 0 Å². The Kier molecular flexibility index (Phi) is 3.76.